The maximum absolute atomic E-state index is 13.0. The molecule has 1 aliphatic heterocycles. The molecule has 152 valence electrons. The normalized spacial score (nSPS) is 12.8. The molecule has 0 radical (unpaired) electrons. The van der Waals surface area contributed by atoms with Gasteiger partial charge in [0.25, 0.3) is 0 Å². The highest BCUT2D eigenvalue weighted by Crippen LogP contribution is 2.36. The van der Waals surface area contributed by atoms with E-state index in [-0.39, 0.29) is 12.4 Å². The lowest BCUT2D eigenvalue weighted by Crippen LogP contribution is -2.23. The summed E-state index contributed by atoms with van der Waals surface area (Å²) < 4.78 is 39.0. The number of alkyl halides is 3. The minimum absolute atomic E-state index is 0.0120. The zero-order chi connectivity index (χ0) is 21.1. The average molecular weight is 410 g/mol. The second-order valence-electron chi connectivity index (χ2n) is 6.78. The van der Waals surface area contributed by atoms with Crippen molar-refractivity contribution in [1.29, 1.82) is 5.26 Å². The van der Waals surface area contributed by atoms with Crippen molar-refractivity contribution in [2.75, 3.05) is 22.2 Å². The van der Waals surface area contributed by atoms with Gasteiger partial charge in [0.1, 0.15) is 11.8 Å². The van der Waals surface area contributed by atoms with Gasteiger partial charge in [-0.15, -0.1) is 0 Å². The van der Waals surface area contributed by atoms with Crippen LogP contribution in [0.5, 0.6) is 0 Å². The van der Waals surface area contributed by atoms with Crippen LogP contribution < -0.4 is 15.5 Å². The quantitative estimate of drug-likeness (QED) is 0.651. The van der Waals surface area contributed by atoms with E-state index in [9.17, 15) is 18.4 Å². The van der Waals surface area contributed by atoms with Crippen molar-refractivity contribution in [3.8, 4) is 6.07 Å². The van der Waals surface area contributed by atoms with Crippen LogP contribution in [0.25, 0.3) is 0 Å². The van der Waals surface area contributed by atoms with Crippen LogP contribution >= 0.6 is 0 Å². The topological polar surface area (TPSA) is 76.9 Å². The van der Waals surface area contributed by atoms with Gasteiger partial charge in [0.05, 0.1) is 12.2 Å². The molecule has 0 amide bonds. The second kappa shape index (κ2) is 7.91. The number of aromatic nitrogens is 2. The highest BCUT2D eigenvalue weighted by Gasteiger charge is 2.31. The molecule has 3 aromatic rings. The summed E-state index contributed by atoms with van der Waals surface area (Å²) in [4.78, 5) is 10.3. The largest absolute Gasteiger partial charge is 0.416 e. The molecule has 0 bridgehead atoms. The Morgan fingerprint density at radius 2 is 1.83 bits per heavy atom. The summed E-state index contributed by atoms with van der Waals surface area (Å²) in [6, 6.07) is 16.8. The van der Waals surface area contributed by atoms with Gasteiger partial charge < -0.3 is 15.5 Å². The Morgan fingerprint density at radius 1 is 1.07 bits per heavy atom. The van der Waals surface area contributed by atoms with Gasteiger partial charge in [0, 0.05) is 13.1 Å². The first kappa shape index (κ1) is 19.5. The first-order valence-corrected chi connectivity index (χ1v) is 9.19. The Kier molecular flexibility index (Phi) is 5.14. The molecular weight excluding hydrogens is 393 g/mol. The van der Waals surface area contributed by atoms with Gasteiger partial charge in [-0.25, -0.2) is 0 Å². The zero-order valence-corrected chi connectivity index (χ0v) is 15.7. The van der Waals surface area contributed by atoms with E-state index in [4.69, 9.17) is 0 Å². The highest BCUT2D eigenvalue weighted by atomic mass is 19.4. The van der Waals surface area contributed by atoms with Gasteiger partial charge in [0.2, 0.25) is 5.82 Å². The summed E-state index contributed by atoms with van der Waals surface area (Å²) >= 11 is 0. The molecule has 2 N–H and O–H groups in total. The minimum Gasteiger partial charge on any atom is -0.364 e. The van der Waals surface area contributed by atoms with Crippen LogP contribution in [0.4, 0.5) is 30.5 Å². The second-order valence-corrected chi connectivity index (χ2v) is 6.78. The van der Waals surface area contributed by atoms with Gasteiger partial charge in [-0.3, -0.25) is 0 Å². The predicted molar refractivity (Wildman–Crippen MR) is 107 cm³/mol. The average Bonchev–Trinajstić information content (AvgIpc) is 3.15. The summed E-state index contributed by atoms with van der Waals surface area (Å²) in [5, 5.41) is 15.7. The Labute approximate surface area is 171 Å². The standard InChI is InChI=1S/C21H17F3N6/c22-21(23,24)16-8-4-7-15(9-16)12-30-13-27-18-19(28-17(10-25)29-20(18)30)26-11-14-5-2-1-3-6-14/h1-9,27H,11-13H2,(H,26,28,29). The number of nitrogens with zero attached hydrogens (tertiary/aromatic N) is 4. The van der Waals surface area contributed by atoms with Gasteiger partial charge in [-0.2, -0.15) is 28.4 Å². The molecule has 2 aromatic carbocycles. The molecule has 1 aliphatic rings. The van der Waals surface area contributed by atoms with Crippen LogP contribution in [0.15, 0.2) is 54.6 Å². The Hall–Kier alpha value is -3.80. The first-order valence-electron chi connectivity index (χ1n) is 9.19. The highest BCUT2D eigenvalue weighted by molar-refractivity contribution is 5.81. The minimum atomic E-state index is -4.40. The van der Waals surface area contributed by atoms with Crippen molar-refractivity contribution < 1.29 is 13.2 Å². The fraction of sp³-hybridized carbons (Fsp3) is 0.190. The Morgan fingerprint density at radius 3 is 2.57 bits per heavy atom. The number of nitriles is 1. The van der Waals surface area contributed by atoms with Crippen molar-refractivity contribution in [2.45, 2.75) is 19.3 Å². The molecule has 0 atom stereocenters. The number of fused-ring (bicyclic) bond motifs is 1. The SMILES string of the molecule is N#Cc1nc(NCc2ccccc2)c2c(n1)N(Cc1cccc(C(F)(F)F)c1)CN2. The van der Waals surface area contributed by atoms with Crippen LogP contribution in [0.3, 0.4) is 0 Å². The van der Waals surface area contributed by atoms with Crippen LogP contribution in [0, 0.1) is 11.3 Å². The lowest BCUT2D eigenvalue weighted by molar-refractivity contribution is -0.137. The van der Waals surface area contributed by atoms with E-state index < -0.39 is 11.7 Å². The molecule has 0 aliphatic carbocycles. The number of halogens is 3. The van der Waals surface area contributed by atoms with E-state index in [2.05, 4.69) is 20.6 Å². The number of anilines is 3. The number of hydrogen-bond donors (Lipinski definition) is 2. The van der Waals surface area contributed by atoms with E-state index in [0.717, 1.165) is 17.7 Å². The molecule has 0 spiro atoms. The summed E-state index contributed by atoms with van der Waals surface area (Å²) in [5.74, 6) is 0.948. The van der Waals surface area contributed by atoms with E-state index in [1.54, 1.807) is 11.0 Å². The number of rotatable bonds is 5. The van der Waals surface area contributed by atoms with E-state index in [0.29, 0.717) is 36.1 Å². The number of nitrogens with one attached hydrogen (secondary N) is 2. The van der Waals surface area contributed by atoms with Crippen molar-refractivity contribution in [3.63, 3.8) is 0 Å². The third-order valence-corrected chi connectivity index (χ3v) is 4.67. The molecule has 0 saturated heterocycles. The lowest BCUT2D eigenvalue weighted by atomic mass is 10.1. The lowest BCUT2D eigenvalue weighted by Gasteiger charge is -2.18. The first-order chi connectivity index (χ1) is 14.4. The van der Waals surface area contributed by atoms with Gasteiger partial charge in [-0.05, 0) is 23.3 Å². The maximum Gasteiger partial charge on any atom is 0.416 e. The van der Waals surface area contributed by atoms with Crippen molar-refractivity contribution in [3.05, 3.63) is 77.1 Å². The summed E-state index contributed by atoms with van der Waals surface area (Å²) in [6.07, 6.45) is -4.40. The molecule has 6 nitrogen and oxygen atoms in total. The van der Waals surface area contributed by atoms with Crippen molar-refractivity contribution in [1.82, 2.24) is 9.97 Å². The molecule has 2 heterocycles. The molecule has 1 aromatic heterocycles. The summed E-state index contributed by atoms with van der Waals surface area (Å²) in [6.45, 7) is 1.06. The van der Waals surface area contributed by atoms with Crippen molar-refractivity contribution >= 4 is 17.3 Å². The van der Waals surface area contributed by atoms with E-state index >= 15 is 0 Å². The van der Waals surface area contributed by atoms with Crippen LogP contribution in [0.1, 0.15) is 22.5 Å². The van der Waals surface area contributed by atoms with E-state index in [1.807, 2.05) is 36.4 Å². The zero-order valence-electron chi connectivity index (χ0n) is 15.7. The molecule has 0 saturated carbocycles. The number of hydrogen-bond acceptors (Lipinski definition) is 6. The monoisotopic (exact) mass is 410 g/mol. The van der Waals surface area contributed by atoms with Crippen molar-refractivity contribution in [2.24, 2.45) is 0 Å². The van der Waals surface area contributed by atoms with Crippen LogP contribution in [0.2, 0.25) is 0 Å². The van der Waals surface area contributed by atoms with Gasteiger partial charge in [0.15, 0.2) is 11.6 Å². The molecule has 9 heteroatoms. The fourth-order valence-corrected chi connectivity index (χ4v) is 3.25. The molecule has 4 rings (SSSR count). The molecular formula is C21H17F3N6. The Bertz CT molecular complexity index is 1090. The number of benzene rings is 2. The molecule has 0 unspecified atom stereocenters. The van der Waals surface area contributed by atoms with Crippen LogP contribution in [-0.2, 0) is 19.3 Å². The smallest absolute Gasteiger partial charge is 0.364 e. The third-order valence-electron chi connectivity index (χ3n) is 4.67. The van der Waals surface area contributed by atoms with Gasteiger partial charge in [-0.1, -0.05) is 42.5 Å². The summed E-state index contributed by atoms with van der Waals surface area (Å²) in [5.41, 5.74) is 1.47. The summed E-state index contributed by atoms with van der Waals surface area (Å²) in [7, 11) is 0. The maximum atomic E-state index is 13.0. The Balaban J connectivity index is 1.59. The predicted octanol–water partition coefficient (Wildman–Crippen LogP) is 4.37. The fourth-order valence-electron chi connectivity index (χ4n) is 3.25. The third kappa shape index (κ3) is 4.12. The van der Waals surface area contributed by atoms with E-state index in [1.165, 1.54) is 6.07 Å². The molecule has 30 heavy (non-hydrogen) atoms. The van der Waals surface area contributed by atoms with Crippen LogP contribution in [-0.4, -0.2) is 16.6 Å². The van der Waals surface area contributed by atoms with Gasteiger partial charge >= 0.3 is 6.18 Å². The molecule has 0 fully saturated rings.